The molecule has 0 aromatic rings. The third-order valence-electron chi connectivity index (χ3n) is 3.06. The molecular weight excluding hydrogens is 178 g/mol. The minimum absolute atomic E-state index is 0.233. The summed E-state index contributed by atoms with van der Waals surface area (Å²) in [4.78, 5) is 13.0. The molecule has 1 N–H and O–H groups in total. The Labute approximate surface area is 86.1 Å². The number of aliphatic carboxylic acids is 1. The van der Waals surface area contributed by atoms with Gasteiger partial charge in [0.25, 0.3) is 0 Å². The van der Waals surface area contributed by atoms with Crippen LogP contribution in [0, 0.1) is 11.8 Å². The highest BCUT2D eigenvalue weighted by Gasteiger charge is 2.18. The number of likely N-dealkylation sites (tertiary alicyclic amines) is 1. The van der Waals surface area contributed by atoms with Crippen LogP contribution in [0.2, 0.25) is 0 Å². The molecule has 82 valence electrons. The molecule has 3 heteroatoms. The van der Waals surface area contributed by atoms with E-state index in [1.54, 1.807) is 6.92 Å². The molecule has 1 aliphatic rings. The fourth-order valence-corrected chi connectivity index (χ4v) is 1.97. The van der Waals surface area contributed by atoms with Gasteiger partial charge < -0.3 is 10.0 Å². The number of carboxylic acid groups (broad SMARTS) is 1. The predicted molar refractivity (Wildman–Crippen MR) is 56.3 cm³/mol. The van der Waals surface area contributed by atoms with Crippen LogP contribution in [0.5, 0.6) is 0 Å². The summed E-state index contributed by atoms with van der Waals surface area (Å²) in [5, 5.41) is 8.81. The van der Waals surface area contributed by atoms with E-state index in [9.17, 15) is 4.79 Å². The van der Waals surface area contributed by atoms with Crippen molar-refractivity contribution in [2.45, 2.75) is 33.1 Å². The van der Waals surface area contributed by atoms with Gasteiger partial charge in [-0.25, -0.2) is 0 Å². The molecule has 0 aliphatic carbocycles. The van der Waals surface area contributed by atoms with Crippen molar-refractivity contribution in [3.05, 3.63) is 0 Å². The van der Waals surface area contributed by atoms with Crippen LogP contribution in [0.25, 0.3) is 0 Å². The van der Waals surface area contributed by atoms with Crippen molar-refractivity contribution in [2.75, 3.05) is 19.6 Å². The van der Waals surface area contributed by atoms with Gasteiger partial charge in [0.05, 0.1) is 5.92 Å². The summed E-state index contributed by atoms with van der Waals surface area (Å²) >= 11 is 0. The van der Waals surface area contributed by atoms with Gasteiger partial charge in [-0.3, -0.25) is 4.79 Å². The standard InChI is InChI=1S/C11H21NO2/c1-9-4-3-6-12(7-5-9)8-10(2)11(13)14/h9-10H,3-8H2,1-2H3,(H,13,14). The quantitative estimate of drug-likeness (QED) is 0.754. The molecule has 1 saturated heterocycles. The largest absolute Gasteiger partial charge is 0.481 e. The van der Waals surface area contributed by atoms with Gasteiger partial charge in [-0.1, -0.05) is 13.8 Å². The summed E-state index contributed by atoms with van der Waals surface area (Å²) in [6.45, 7) is 6.92. The van der Waals surface area contributed by atoms with Crippen LogP contribution in [0.15, 0.2) is 0 Å². The van der Waals surface area contributed by atoms with Crippen molar-refractivity contribution in [1.82, 2.24) is 4.90 Å². The van der Waals surface area contributed by atoms with Crippen LogP contribution < -0.4 is 0 Å². The van der Waals surface area contributed by atoms with E-state index in [0.717, 1.165) is 19.0 Å². The highest BCUT2D eigenvalue weighted by Crippen LogP contribution is 2.17. The third-order valence-corrected chi connectivity index (χ3v) is 3.06. The Hall–Kier alpha value is -0.570. The SMILES string of the molecule is CC1CCCN(CC(C)C(=O)O)CC1. The molecule has 1 rings (SSSR count). The molecule has 0 bridgehead atoms. The summed E-state index contributed by atoms with van der Waals surface area (Å²) < 4.78 is 0. The molecule has 0 spiro atoms. The average Bonchev–Trinajstić information content (AvgIpc) is 2.31. The van der Waals surface area contributed by atoms with E-state index in [1.807, 2.05) is 0 Å². The topological polar surface area (TPSA) is 40.5 Å². The van der Waals surface area contributed by atoms with Crippen molar-refractivity contribution in [2.24, 2.45) is 11.8 Å². The van der Waals surface area contributed by atoms with E-state index in [1.165, 1.54) is 19.3 Å². The number of rotatable bonds is 3. The second kappa shape index (κ2) is 5.35. The normalized spacial score (nSPS) is 26.9. The second-order valence-corrected chi connectivity index (χ2v) is 4.58. The molecule has 0 aromatic heterocycles. The lowest BCUT2D eigenvalue weighted by atomic mass is 10.0. The maximum Gasteiger partial charge on any atom is 0.307 e. The monoisotopic (exact) mass is 199 g/mol. The van der Waals surface area contributed by atoms with E-state index in [0.29, 0.717) is 6.54 Å². The van der Waals surface area contributed by atoms with E-state index in [4.69, 9.17) is 5.11 Å². The molecule has 2 unspecified atom stereocenters. The maximum absolute atomic E-state index is 10.7. The second-order valence-electron chi connectivity index (χ2n) is 4.58. The smallest absolute Gasteiger partial charge is 0.307 e. The van der Waals surface area contributed by atoms with Gasteiger partial charge in [0.1, 0.15) is 0 Å². The molecule has 0 amide bonds. The number of carbonyl (C=O) groups is 1. The third kappa shape index (κ3) is 3.66. The molecule has 0 saturated carbocycles. The molecule has 2 atom stereocenters. The zero-order valence-corrected chi connectivity index (χ0v) is 9.20. The predicted octanol–water partition coefficient (Wildman–Crippen LogP) is 1.83. The first-order valence-electron chi connectivity index (χ1n) is 5.54. The van der Waals surface area contributed by atoms with E-state index >= 15 is 0 Å². The van der Waals surface area contributed by atoms with Crippen molar-refractivity contribution in [3.63, 3.8) is 0 Å². The average molecular weight is 199 g/mol. The van der Waals surface area contributed by atoms with Crippen LogP contribution in [0.1, 0.15) is 33.1 Å². The summed E-state index contributed by atoms with van der Waals surface area (Å²) in [6.07, 6.45) is 3.72. The molecule has 0 radical (unpaired) electrons. The van der Waals surface area contributed by atoms with Crippen LogP contribution in [-0.2, 0) is 4.79 Å². The molecule has 1 fully saturated rings. The lowest BCUT2D eigenvalue weighted by Gasteiger charge is -2.21. The Morgan fingerprint density at radius 1 is 1.50 bits per heavy atom. The zero-order valence-electron chi connectivity index (χ0n) is 9.20. The summed E-state index contributed by atoms with van der Waals surface area (Å²) in [5.41, 5.74) is 0. The lowest BCUT2D eigenvalue weighted by Crippen LogP contribution is -2.32. The molecular formula is C11H21NO2. The van der Waals surface area contributed by atoms with Crippen molar-refractivity contribution in [1.29, 1.82) is 0 Å². The highest BCUT2D eigenvalue weighted by molar-refractivity contribution is 5.69. The Morgan fingerprint density at radius 3 is 2.86 bits per heavy atom. The first-order valence-corrected chi connectivity index (χ1v) is 5.54. The highest BCUT2D eigenvalue weighted by atomic mass is 16.4. The van der Waals surface area contributed by atoms with Crippen LogP contribution in [0.4, 0.5) is 0 Å². The van der Waals surface area contributed by atoms with Crippen LogP contribution in [-0.4, -0.2) is 35.6 Å². The minimum Gasteiger partial charge on any atom is -0.481 e. The fourth-order valence-electron chi connectivity index (χ4n) is 1.97. The number of hydrogen-bond acceptors (Lipinski definition) is 2. The lowest BCUT2D eigenvalue weighted by molar-refractivity contribution is -0.141. The Morgan fingerprint density at radius 2 is 2.21 bits per heavy atom. The minimum atomic E-state index is -0.678. The molecule has 3 nitrogen and oxygen atoms in total. The summed E-state index contributed by atoms with van der Waals surface area (Å²) in [5.74, 6) is -0.106. The van der Waals surface area contributed by atoms with Crippen molar-refractivity contribution < 1.29 is 9.90 Å². The molecule has 1 heterocycles. The summed E-state index contributed by atoms with van der Waals surface area (Å²) in [6, 6.07) is 0. The zero-order chi connectivity index (χ0) is 10.6. The molecule has 14 heavy (non-hydrogen) atoms. The van der Waals surface area contributed by atoms with E-state index in [2.05, 4.69) is 11.8 Å². The number of carboxylic acids is 1. The van der Waals surface area contributed by atoms with Gasteiger partial charge in [-0.2, -0.15) is 0 Å². The van der Waals surface area contributed by atoms with E-state index in [-0.39, 0.29) is 5.92 Å². The fraction of sp³-hybridized carbons (Fsp3) is 0.909. The van der Waals surface area contributed by atoms with Crippen molar-refractivity contribution >= 4 is 5.97 Å². The summed E-state index contributed by atoms with van der Waals surface area (Å²) in [7, 11) is 0. The van der Waals surface area contributed by atoms with E-state index < -0.39 is 5.97 Å². The molecule has 0 aromatic carbocycles. The maximum atomic E-state index is 10.7. The van der Waals surface area contributed by atoms with Gasteiger partial charge in [0, 0.05) is 6.54 Å². The van der Waals surface area contributed by atoms with Gasteiger partial charge in [-0.05, 0) is 38.3 Å². The van der Waals surface area contributed by atoms with Gasteiger partial charge >= 0.3 is 5.97 Å². The Bertz CT molecular complexity index is 194. The Balaban J connectivity index is 2.33. The molecule has 1 aliphatic heterocycles. The van der Waals surface area contributed by atoms with Crippen molar-refractivity contribution in [3.8, 4) is 0 Å². The first-order chi connectivity index (χ1) is 6.59. The van der Waals surface area contributed by atoms with Gasteiger partial charge in [0.2, 0.25) is 0 Å². The van der Waals surface area contributed by atoms with Gasteiger partial charge in [-0.15, -0.1) is 0 Å². The Kier molecular flexibility index (Phi) is 4.39. The van der Waals surface area contributed by atoms with Crippen LogP contribution >= 0.6 is 0 Å². The number of nitrogens with zero attached hydrogens (tertiary/aromatic N) is 1. The van der Waals surface area contributed by atoms with Crippen LogP contribution in [0.3, 0.4) is 0 Å². The van der Waals surface area contributed by atoms with Gasteiger partial charge in [0.15, 0.2) is 0 Å². The first kappa shape index (κ1) is 11.5. The number of hydrogen-bond donors (Lipinski definition) is 1.